The van der Waals surface area contributed by atoms with E-state index in [1.807, 2.05) is 30.3 Å². The summed E-state index contributed by atoms with van der Waals surface area (Å²) in [6.07, 6.45) is 1.65. The minimum Gasteiger partial charge on any atom is -0.481 e. The molecule has 19 heavy (non-hydrogen) atoms. The third-order valence-corrected chi connectivity index (χ3v) is 2.80. The molecule has 1 aromatic rings. The molecule has 0 radical (unpaired) electrons. The van der Waals surface area contributed by atoms with Gasteiger partial charge in [0.15, 0.2) is 0 Å². The summed E-state index contributed by atoms with van der Waals surface area (Å²) in [5.74, 6) is -0.930. The highest BCUT2D eigenvalue weighted by atomic mass is 32.1. The molecule has 1 aromatic carbocycles. The minimum absolute atomic E-state index is 0.100. The average molecular weight is 279 g/mol. The van der Waals surface area contributed by atoms with Crippen LogP contribution in [0.4, 0.5) is 0 Å². The zero-order valence-corrected chi connectivity index (χ0v) is 11.6. The van der Waals surface area contributed by atoms with Crippen molar-refractivity contribution in [2.24, 2.45) is 0 Å². The molecule has 0 aromatic heterocycles. The molecule has 1 amide bonds. The molecule has 0 aliphatic carbocycles. The number of hydrogen-bond donors (Lipinski definition) is 3. The maximum atomic E-state index is 11.9. The molecule has 0 aliphatic rings. The van der Waals surface area contributed by atoms with Gasteiger partial charge in [0.1, 0.15) is 0 Å². The number of aliphatic carboxylic acids is 1. The maximum Gasteiger partial charge on any atom is 0.305 e. The first-order chi connectivity index (χ1) is 9.02. The molecule has 0 aliphatic heterocycles. The Balaban J connectivity index is 2.72. The number of benzene rings is 1. The summed E-state index contributed by atoms with van der Waals surface area (Å²) >= 11 is 4.13. The number of nitrogens with one attached hydrogen (secondary N) is 1. The Kier molecular flexibility index (Phi) is 6.15. The molecule has 2 N–H and O–H groups in total. The first kappa shape index (κ1) is 15.3. The summed E-state index contributed by atoms with van der Waals surface area (Å²) in [4.78, 5) is 22.5. The van der Waals surface area contributed by atoms with Crippen LogP contribution in [0.1, 0.15) is 18.9 Å². The van der Waals surface area contributed by atoms with Gasteiger partial charge in [0.25, 0.3) is 0 Å². The van der Waals surface area contributed by atoms with E-state index >= 15 is 0 Å². The van der Waals surface area contributed by atoms with Crippen molar-refractivity contribution in [2.45, 2.75) is 19.4 Å². The van der Waals surface area contributed by atoms with Gasteiger partial charge in [-0.15, -0.1) is 0 Å². The van der Waals surface area contributed by atoms with Gasteiger partial charge in [0.2, 0.25) is 5.91 Å². The zero-order valence-electron chi connectivity index (χ0n) is 10.7. The number of carbonyl (C=O) groups is 2. The van der Waals surface area contributed by atoms with E-state index in [9.17, 15) is 9.59 Å². The summed E-state index contributed by atoms with van der Waals surface area (Å²) in [5, 5.41) is 11.3. The molecule has 0 heterocycles. The lowest BCUT2D eigenvalue weighted by Crippen LogP contribution is -2.35. The minimum atomic E-state index is -0.938. The summed E-state index contributed by atoms with van der Waals surface area (Å²) in [6.45, 7) is 1.66. The van der Waals surface area contributed by atoms with Crippen molar-refractivity contribution >= 4 is 30.6 Å². The Morgan fingerprint density at radius 2 is 2.00 bits per heavy atom. The van der Waals surface area contributed by atoms with Gasteiger partial charge in [0.05, 0.1) is 6.42 Å². The highest BCUT2D eigenvalue weighted by molar-refractivity contribution is 7.80. The number of amides is 1. The third kappa shape index (κ3) is 5.61. The number of thiol groups is 1. The molecule has 0 saturated carbocycles. The second-order valence-electron chi connectivity index (χ2n) is 4.21. The summed E-state index contributed by atoms with van der Waals surface area (Å²) in [5.41, 5.74) is 1.42. The van der Waals surface area contributed by atoms with E-state index in [4.69, 9.17) is 5.11 Å². The van der Waals surface area contributed by atoms with Crippen LogP contribution < -0.4 is 5.32 Å². The monoisotopic (exact) mass is 279 g/mol. The van der Waals surface area contributed by atoms with Gasteiger partial charge in [0, 0.05) is 17.4 Å². The molecular formula is C14H17NO3S. The molecule has 0 saturated heterocycles. The van der Waals surface area contributed by atoms with Gasteiger partial charge in [-0.3, -0.25) is 9.59 Å². The van der Waals surface area contributed by atoms with Gasteiger partial charge in [-0.1, -0.05) is 30.3 Å². The zero-order chi connectivity index (χ0) is 14.3. The van der Waals surface area contributed by atoms with Crippen molar-refractivity contribution in [3.8, 4) is 0 Å². The second-order valence-corrected chi connectivity index (χ2v) is 4.53. The van der Waals surface area contributed by atoms with E-state index < -0.39 is 12.0 Å². The van der Waals surface area contributed by atoms with E-state index in [-0.39, 0.29) is 12.3 Å². The maximum absolute atomic E-state index is 11.9. The quantitative estimate of drug-likeness (QED) is 0.551. The fraction of sp³-hybridized carbons (Fsp3) is 0.286. The standard InChI is InChI=1S/C14H17NO3S/c1-10(7-13(16)17)15-14(18)12(9-19)8-11-5-3-2-4-6-11/h2-6,8,10,19H,7,9H2,1H3,(H,15,18)(H,16,17)/b12-8-. The molecule has 5 heteroatoms. The van der Waals surface area contributed by atoms with Gasteiger partial charge < -0.3 is 10.4 Å². The Labute approximate surface area is 117 Å². The van der Waals surface area contributed by atoms with Crippen molar-refractivity contribution in [3.05, 3.63) is 41.5 Å². The van der Waals surface area contributed by atoms with Crippen molar-refractivity contribution in [3.63, 3.8) is 0 Å². The van der Waals surface area contributed by atoms with Crippen LogP contribution in [-0.4, -0.2) is 28.8 Å². The molecule has 4 nitrogen and oxygen atoms in total. The predicted molar refractivity (Wildman–Crippen MR) is 78.1 cm³/mol. The lowest BCUT2D eigenvalue weighted by atomic mass is 10.1. The number of carboxylic acids is 1. The smallest absolute Gasteiger partial charge is 0.305 e. The molecule has 0 fully saturated rings. The van der Waals surface area contributed by atoms with Crippen molar-refractivity contribution in [1.82, 2.24) is 5.32 Å². The predicted octanol–water partition coefficient (Wildman–Crippen LogP) is 1.98. The van der Waals surface area contributed by atoms with E-state index in [0.29, 0.717) is 11.3 Å². The molecule has 1 unspecified atom stereocenters. The van der Waals surface area contributed by atoms with Crippen LogP contribution in [0.2, 0.25) is 0 Å². The lowest BCUT2D eigenvalue weighted by Gasteiger charge is -2.12. The van der Waals surface area contributed by atoms with Crippen LogP contribution in [0, 0.1) is 0 Å². The number of rotatable bonds is 6. The molecule has 1 rings (SSSR count). The van der Waals surface area contributed by atoms with Gasteiger partial charge >= 0.3 is 5.97 Å². The Bertz CT molecular complexity index is 471. The van der Waals surface area contributed by atoms with Crippen molar-refractivity contribution in [2.75, 3.05) is 5.75 Å². The summed E-state index contributed by atoms with van der Waals surface area (Å²) in [7, 11) is 0. The molecular weight excluding hydrogens is 262 g/mol. The normalized spacial score (nSPS) is 12.8. The highest BCUT2D eigenvalue weighted by Gasteiger charge is 2.13. The average Bonchev–Trinajstić information content (AvgIpc) is 2.35. The third-order valence-electron chi connectivity index (χ3n) is 2.46. The van der Waals surface area contributed by atoms with Gasteiger partial charge in [-0.05, 0) is 18.6 Å². The first-order valence-corrected chi connectivity index (χ1v) is 6.55. The van der Waals surface area contributed by atoms with Crippen LogP contribution in [-0.2, 0) is 9.59 Å². The van der Waals surface area contributed by atoms with E-state index in [0.717, 1.165) is 5.56 Å². The Hall–Kier alpha value is -1.75. The Morgan fingerprint density at radius 3 is 2.53 bits per heavy atom. The lowest BCUT2D eigenvalue weighted by molar-refractivity contribution is -0.137. The molecule has 1 atom stereocenters. The molecule has 102 valence electrons. The fourth-order valence-electron chi connectivity index (χ4n) is 1.56. The second kappa shape index (κ2) is 7.63. The largest absolute Gasteiger partial charge is 0.481 e. The van der Waals surface area contributed by atoms with Crippen LogP contribution in [0.25, 0.3) is 6.08 Å². The molecule has 0 spiro atoms. The SMILES string of the molecule is CC(CC(=O)O)NC(=O)/C(=C\c1ccccc1)CS. The molecule has 0 bridgehead atoms. The topological polar surface area (TPSA) is 66.4 Å². The van der Waals surface area contributed by atoms with Gasteiger partial charge in [-0.25, -0.2) is 0 Å². The summed E-state index contributed by atoms with van der Waals surface area (Å²) in [6, 6.07) is 9.02. The van der Waals surface area contributed by atoms with E-state index in [1.54, 1.807) is 13.0 Å². The van der Waals surface area contributed by atoms with Crippen LogP contribution in [0.15, 0.2) is 35.9 Å². The van der Waals surface area contributed by atoms with Crippen LogP contribution in [0.3, 0.4) is 0 Å². The van der Waals surface area contributed by atoms with Crippen LogP contribution >= 0.6 is 12.6 Å². The van der Waals surface area contributed by atoms with E-state index in [1.165, 1.54) is 0 Å². The fourth-order valence-corrected chi connectivity index (χ4v) is 1.80. The number of carboxylic acid groups (broad SMARTS) is 1. The van der Waals surface area contributed by atoms with Crippen molar-refractivity contribution < 1.29 is 14.7 Å². The number of carbonyl (C=O) groups excluding carboxylic acids is 1. The highest BCUT2D eigenvalue weighted by Crippen LogP contribution is 2.08. The Morgan fingerprint density at radius 1 is 1.37 bits per heavy atom. The van der Waals surface area contributed by atoms with Crippen LogP contribution in [0.5, 0.6) is 0 Å². The number of hydrogen-bond acceptors (Lipinski definition) is 3. The van der Waals surface area contributed by atoms with Gasteiger partial charge in [-0.2, -0.15) is 12.6 Å². The van der Waals surface area contributed by atoms with Crippen molar-refractivity contribution in [1.29, 1.82) is 0 Å². The first-order valence-electron chi connectivity index (χ1n) is 5.92. The van der Waals surface area contributed by atoms with E-state index in [2.05, 4.69) is 17.9 Å². The summed E-state index contributed by atoms with van der Waals surface area (Å²) < 4.78 is 0.